The Labute approximate surface area is 133 Å². The SMILES string of the molecule is C=C=C(C)CN(CC#CC1CC1)S(=O)(=O)c1ccc(C)cc1. The minimum atomic E-state index is -3.56. The Bertz CT molecular complexity index is 741. The Morgan fingerprint density at radius 3 is 2.50 bits per heavy atom. The van der Waals surface area contributed by atoms with E-state index in [2.05, 4.69) is 24.2 Å². The van der Waals surface area contributed by atoms with Crippen LogP contribution in [0, 0.1) is 24.7 Å². The maximum atomic E-state index is 12.8. The maximum absolute atomic E-state index is 12.8. The molecular weight excluding hydrogens is 294 g/mol. The van der Waals surface area contributed by atoms with Gasteiger partial charge in [0.1, 0.15) is 0 Å². The summed E-state index contributed by atoms with van der Waals surface area (Å²) < 4.78 is 27.0. The highest BCUT2D eigenvalue weighted by molar-refractivity contribution is 7.89. The molecule has 0 aliphatic heterocycles. The van der Waals surface area contributed by atoms with Crippen LogP contribution in [-0.4, -0.2) is 25.8 Å². The van der Waals surface area contributed by atoms with E-state index in [1.54, 1.807) is 24.3 Å². The van der Waals surface area contributed by atoms with Crippen molar-refractivity contribution in [3.05, 3.63) is 47.7 Å². The van der Waals surface area contributed by atoms with Crippen LogP contribution in [0.25, 0.3) is 0 Å². The average molecular weight is 315 g/mol. The fourth-order valence-corrected chi connectivity index (χ4v) is 3.29. The molecule has 0 amide bonds. The second kappa shape index (κ2) is 6.98. The van der Waals surface area contributed by atoms with Crippen molar-refractivity contribution >= 4 is 10.0 Å². The number of sulfonamides is 1. The highest BCUT2D eigenvalue weighted by Gasteiger charge is 2.24. The van der Waals surface area contributed by atoms with Crippen molar-refractivity contribution in [1.29, 1.82) is 0 Å². The van der Waals surface area contributed by atoms with E-state index in [1.165, 1.54) is 4.31 Å². The number of nitrogens with zero attached hydrogens (tertiary/aromatic N) is 1. The van der Waals surface area contributed by atoms with E-state index in [9.17, 15) is 8.42 Å². The molecule has 1 fully saturated rings. The summed E-state index contributed by atoms with van der Waals surface area (Å²) in [5.41, 5.74) is 4.56. The van der Waals surface area contributed by atoms with Gasteiger partial charge in [-0.1, -0.05) is 36.1 Å². The lowest BCUT2D eigenvalue weighted by molar-refractivity contribution is 0.471. The van der Waals surface area contributed by atoms with E-state index in [1.807, 2.05) is 13.8 Å². The van der Waals surface area contributed by atoms with E-state index >= 15 is 0 Å². The molecular formula is C18H21NO2S. The van der Waals surface area contributed by atoms with Gasteiger partial charge >= 0.3 is 0 Å². The molecule has 1 saturated carbocycles. The Hall–Kier alpha value is -1.79. The van der Waals surface area contributed by atoms with Crippen molar-refractivity contribution in [1.82, 2.24) is 4.31 Å². The molecule has 1 aromatic carbocycles. The van der Waals surface area contributed by atoms with Gasteiger partial charge in [-0.15, -0.1) is 5.73 Å². The molecule has 1 aliphatic rings. The van der Waals surface area contributed by atoms with Crippen LogP contribution < -0.4 is 0 Å². The number of rotatable bonds is 5. The number of benzene rings is 1. The van der Waals surface area contributed by atoms with Crippen molar-refractivity contribution in [3.8, 4) is 11.8 Å². The Balaban J connectivity index is 2.26. The number of hydrogen-bond acceptors (Lipinski definition) is 2. The average Bonchev–Trinajstić information content (AvgIpc) is 3.30. The van der Waals surface area contributed by atoms with Crippen LogP contribution in [0.2, 0.25) is 0 Å². The summed E-state index contributed by atoms with van der Waals surface area (Å²) in [6.45, 7) is 7.79. The smallest absolute Gasteiger partial charge is 0.207 e. The highest BCUT2D eigenvalue weighted by atomic mass is 32.2. The van der Waals surface area contributed by atoms with Gasteiger partial charge in [-0.3, -0.25) is 0 Å². The number of hydrogen-bond donors (Lipinski definition) is 0. The topological polar surface area (TPSA) is 37.4 Å². The Kier molecular flexibility index (Phi) is 5.26. The zero-order chi connectivity index (χ0) is 16.2. The lowest BCUT2D eigenvalue weighted by atomic mass is 10.2. The maximum Gasteiger partial charge on any atom is 0.244 e. The fraction of sp³-hybridized carbons (Fsp3) is 0.389. The largest absolute Gasteiger partial charge is 0.244 e. The second-order valence-electron chi connectivity index (χ2n) is 5.64. The van der Waals surface area contributed by atoms with Gasteiger partial charge in [-0.25, -0.2) is 8.42 Å². The summed E-state index contributed by atoms with van der Waals surface area (Å²) >= 11 is 0. The molecule has 22 heavy (non-hydrogen) atoms. The molecule has 3 nitrogen and oxygen atoms in total. The van der Waals surface area contributed by atoms with Crippen LogP contribution in [0.15, 0.2) is 47.0 Å². The predicted octanol–water partition coefficient (Wildman–Crippen LogP) is 3.13. The Morgan fingerprint density at radius 1 is 1.32 bits per heavy atom. The predicted molar refractivity (Wildman–Crippen MR) is 88.8 cm³/mol. The minimum Gasteiger partial charge on any atom is -0.207 e. The zero-order valence-corrected chi connectivity index (χ0v) is 13.9. The quantitative estimate of drug-likeness (QED) is 0.618. The van der Waals surface area contributed by atoms with Gasteiger partial charge in [0.15, 0.2) is 0 Å². The third kappa shape index (κ3) is 4.35. The third-order valence-electron chi connectivity index (χ3n) is 3.51. The van der Waals surface area contributed by atoms with Crippen LogP contribution in [0.3, 0.4) is 0 Å². The van der Waals surface area contributed by atoms with Gasteiger partial charge < -0.3 is 0 Å². The van der Waals surface area contributed by atoms with Crippen molar-refractivity contribution in [2.75, 3.05) is 13.1 Å². The molecule has 116 valence electrons. The fourth-order valence-electron chi connectivity index (χ4n) is 1.91. The van der Waals surface area contributed by atoms with Crippen LogP contribution in [0.4, 0.5) is 0 Å². The minimum absolute atomic E-state index is 0.200. The molecule has 0 aromatic heterocycles. The van der Waals surface area contributed by atoms with Gasteiger partial charge in [0, 0.05) is 12.5 Å². The van der Waals surface area contributed by atoms with Crippen LogP contribution >= 0.6 is 0 Å². The summed E-state index contributed by atoms with van der Waals surface area (Å²) in [5, 5.41) is 0. The molecule has 2 rings (SSSR count). The first-order chi connectivity index (χ1) is 10.4. The molecule has 4 heteroatoms. The van der Waals surface area contributed by atoms with Gasteiger partial charge in [0.2, 0.25) is 10.0 Å². The van der Waals surface area contributed by atoms with E-state index in [0.717, 1.165) is 24.0 Å². The van der Waals surface area contributed by atoms with E-state index in [0.29, 0.717) is 10.8 Å². The van der Waals surface area contributed by atoms with Crippen LogP contribution in [-0.2, 0) is 10.0 Å². The lowest BCUT2D eigenvalue weighted by Crippen LogP contribution is -2.33. The number of aryl methyl sites for hydroxylation is 1. The third-order valence-corrected chi connectivity index (χ3v) is 5.32. The first-order valence-electron chi connectivity index (χ1n) is 7.34. The molecule has 0 radical (unpaired) electrons. The van der Waals surface area contributed by atoms with E-state index in [-0.39, 0.29) is 13.1 Å². The molecule has 0 saturated heterocycles. The van der Waals surface area contributed by atoms with Gasteiger partial charge in [-0.05, 0) is 44.4 Å². The summed E-state index contributed by atoms with van der Waals surface area (Å²) in [7, 11) is -3.56. The van der Waals surface area contributed by atoms with Gasteiger partial charge in [0.25, 0.3) is 0 Å². The summed E-state index contributed by atoms with van der Waals surface area (Å²) in [6.07, 6.45) is 2.26. The van der Waals surface area contributed by atoms with Crippen molar-refractivity contribution in [2.24, 2.45) is 5.92 Å². The van der Waals surface area contributed by atoms with Gasteiger partial charge in [-0.2, -0.15) is 4.31 Å². The molecule has 1 aliphatic carbocycles. The molecule has 0 spiro atoms. The first-order valence-corrected chi connectivity index (χ1v) is 8.78. The van der Waals surface area contributed by atoms with Crippen LogP contribution in [0.5, 0.6) is 0 Å². The molecule has 0 atom stereocenters. The zero-order valence-electron chi connectivity index (χ0n) is 13.1. The second-order valence-corrected chi connectivity index (χ2v) is 7.58. The van der Waals surface area contributed by atoms with Gasteiger partial charge in [0.05, 0.1) is 11.4 Å². The van der Waals surface area contributed by atoms with Crippen molar-refractivity contribution < 1.29 is 8.42 Å². The lowest BCUT2D eigenvalue weighted by Gasteiger charge is -2.19. The van der Waals surface area contributed by atoms with E-state index in [4.69, 9.17) is 0 Å². The molecule has 0 unspecified atom stereocenters. The first kappa shape index (κ1) is 16.6. The van der Waals surface area contributed by atoms with Crippen molar-refractivity contribution in [3.63, 3.8) is 0 Å². The molecule has 0 heterocycles. The summed E-state index contributed by atoms with van der Waals surface area (Å²) in [4.78, 5) is 0.295. The Morgan fingerprint density at radius 2 is 1.95 bits per heavy atom. The normalized spacial score (nSPS) is 14.1. The molecule has 0 bridgehead atoms. The van der Waals surface area contributed by atoms with Crippen molar-refractivity contribution in [2.45, 2.75) is 31.6 Å². The molecule has 1 aromatic rings. The van der Waals surface area contributed by atoms with Crippen LogP contribution in [0.1, 0.15) is 25.3 Å². The van der Waals surface area contributed by atoms with E-state index < -0.39 is 10.0 Å². The summed E-state index contributed by atoms with van der Waals surface area (Å²) in [6, 6.07) is 6.88. The highest BCUT2D eigenvalue weighted by Crippen LogP contribution is 2.27. The summed E-state index contributed by atoms with van der Waals surface area (Å²) in [5.74, 6) is 6.57. The standard InChI is InChI=1S/C18H21NO2S/c1-4-15(2)14-19(13-5-6-17-9-10-17)22(20,21)18-11-7-16(3)8-12-18/h7-8,11-12,17H,1,9-10,13-14H2,2-3H3. The monoisotopic (exact) mass is 315 g/mol. The molecule has 0 N–H and O–H groups in total.